The molecule has 2 aliphatic rings. The van der Waals surface area contributed by atoms with Crippen LogP contribution in [0.15, 0.2) is 24.3 Å². The zero-order valence-corrected chi connectivity index (χ0v) is 13.7. The third kappa shape index (κ3) is 2.87. The van der Waals surface area contributed by atoms with Gasteiger partial charge in [0.05, 0.1) is 0 Å². The van der Waals surface area contributed by atoms with E-state index in [0.717, 1.165) is 25.7 Å². The maximum Gasteiger partial charge on any atom is 0.0473 e. The first kappa shape index (κ1) is 15.0. The number of likely N-dealkylation sites (tertiary alicyclic amines) is 1. The standard InChI is InChI=1S/C18H29N3/c1-14-6-4-5-7-16(14)11-20(3)18(12-19)10-15(2)21(13-18)17-8-9-17/h4-7,15,17H,8-13,19H2,1-3H3. The molecule has 1 aromatic rings. The van der Waals surface area contributed by atoms with Gasteiger partial charge in [-0.25, -0.2) is 0 Å². The molecule has 0 bridgehead atoms. The Bertz CT molecular complexity index is 497. The topological polar surface area (TPSA) is 32.5 Å². The summed E-state index contributed by atoms with van der Waals surface area (Å²) in [7, 11) is 2.25. The lowest BCUT2D eigenvalue weighted by Crippen LogP contribution is -2.53. The van der Waals surface area contributed by atoms with Crippen molar-refractivity contribution in [2.24, 2.45) is 5.73 Å². The van der Waals surface area contributed by atoms with E-state index in [1.807, 2.05) is 0 Å². The Morgan fingerprint density at radius 3 is 2.67 bits per heavy atom. The minimum atomic E-state index is 0.143. The average molecular weight is 287 g/mol. The van der Waals surface area contributed by atoms with Gasteiger partial charge in [-0.3, -0.25) is 9.80 Å². The first-order valence-electron chi connectivity index (χ1n) is 8.27. The zero-order chi connectivity index (χ0) is 15.0. The normalized spacial score (nSPS) is 30.2. The summed E-state index contributed by atoms with van der Waals surface area (Å²) in [6, 6.07) is 10.2. The lowest BCUT2D eigenvalue weighted by Gasteiger charge is -2.38. The molecule has 1 aliphatic carbocycles. The van der Waals surface area contributed by atoms with Gasteiger partial charge in [0.1, 0.15) is 0 Å². The molecule has 1 saturated carbocycles. The average Bonchev–Trinajstić information content (AvgIpc) is 3.25. The summed E-state index contributed by atoms with van der Waals surface area (Å²) in [4.78, 5) is 5.20. The lowest BCUT2D eigenvalue weighted by molar-refractivity contribution is 0.120. The highest BCUT2D eigenvalue weighted by Crippen LogP contribution is 2.39. The summed E-state index contributed by atoms with van der Waals surface area (Å²) in [6.45, 7) is 7.46. The largest absolute Gasteiger partial charge is 0.329 e. The second kappa shape index (κ2) is 5.71. The summed E-state index contributed by atoms with van der Waals surface area (Å²) in [5, 5.41) is 0. The fraction of sp³-hybridized carbons (Fsp3) is 0.667. The predicted molar refractivity (Wildman–Crippen MR) is 88.2 cm³/mol. The summed E-state index contributed by atoms with van der Waals surface area (Å²) < 4.78 is 0. The maximum atomic E-state index is 6.24. The number of benzene rings is 1. The van der Waals surface area contributed by atoms with E-state index in [-0.39, 0.29) is 5.54 Å². The van der Waals surface area contributed by atoms with E-state index in [4.69, 9.17) is 5.73 Å². The van der Waals surface area contributed by atoms with Gasteiger partial charge in [0.15, 0.2) is 0 Å². The summed E-state index contributed by atoms with van der Waals surface area (Å²) >= 11 is 0. The summed E-state index contributed by atoms with van der Waals surface area (Å²) in [5.41, 5.74) is 9.18. The van der Waals surface area contributed by atoms with E-state index in [9.17, 15) is 0 Å². The van der Waals surface area contributed by atoms with Crippen molar-refractivity contribution < 1.29 is 0 Å². The summed E-state index contributed by atoms with van der Waals surface area (Å²) in [5.74, 6) is 0. The van der Waals surface area contributed by atoms with Crippen LogP contribution in [0.1, 0.15) is 37.3 Å². The Kier molecular flexibility index (Phi) is 4.08. The van der Waals surface area contributed by atoms with Gasteiger partial charge in [0, 0.05) is 37.3 Å². The van der Waals surface area contributed by atoms with Crippen LogP contribution in [0.2, 0.25) is 0 Å². The van der Waals surface area contributed by atoms with Gasteiger partial charge in [-0.15, -0.1) is 0 Å². The van der Waals surface area contributed by atoms with Crippen molar-refractivity contribution in [2.45, 2.75) is 57.3 Å². The molecule has 0 spiro atoms. The molecule has 21 heavy (non-hydrogen) atoms. The predicted octanol–water partition coefficient (Wildman–Crippen LogP) is 2.38. The molecule has 0 aromatic heterocycles. The van der Waals surface area contributed by atoms with Crippen molar-refractivity contribution in [2.75, 3.05) is 20.1 Å². The quantitative estimate of drug-likeness (QED) is 0.902. The molecule has 0 amide bonds. The monoisotopic (exact) mass is 287 g/mol. The molecule has 2 N–H and O–H groups in total. The SMILES string of the molecule is Cc1ccccc1CN(C)C1(CN)CC(C)N(C2CC2)C1. The Hall–Kier alpha value is -0.900. The molecule has 2 unspecified atom stereocenters. The van der Waals surface area contributed by atoms with Crippen molar-refractivity contribution >= 4 is 0 Å². The number of nitrogens with two attached hydrogens (primary N) is 1. The zero-order valence-electron chi connectivity index (χ0n) is 13.7. The number of likely N-dealkylation sites (N-methyl/N-ethyl adjacent to an activating group) is 1. The van der Waals surface area contributed by atoms with Crippen LogP contribution in [0.5, 0.6) is 0 Å². The van der Waals surface area contributed by atoms with E-state index < -0.39 is 0 Å². The molecule has 2 fully saturated rings. The molecule has 1 heterocycles. The van der Waals surface area contributed by atoms with Crippen LogP contribution in [0.3, 0.4) is 0 Å². The third-order valence-corrected chi connectivity index (χ3v) is 5.59. The van der Waals surface area contributed by atoms with Gasteiger partial charge in [-0.05, 0) is 51.3 Å². The highest BCUT2D eigenvalue weighted by atomic mass is 15.3. The Balaban J connectivity index is 1.75. The first-order valence-corrected chi connectivity index (χ1v) is 8.27. The van der Waals surface area contributed by atoms with Crippen molar-refractivity contribution in [1.29, 1.82) is 0 Å². The number of hydrogen-bond donors (Lipinski definition) is 1. The highest BCUT2D eigenvalue weighted by molar-refractivity contribution is 5.26. The molecular weight excluding hydrogens is 258 g/mol. The van der Waals surface area contributed by atoms with Gasteiger partial charge < -0.3 is 5.73 Å². The number of nitrogens with zero attached hydrogens (tertiary/aromatic N) is 2. The van der Waals surface area contributed by atoms with Crippen LogP contribution in [0, 0.1) is 6.92 Å². The van der Waals surface area contributed by atoms with Gasteiger partial charge in [-0.2, -0.15) is 0 Å². The van der Waals surface area contributed by atoms with Gasteiger partial charge >= 0.3 is 0 Å². The highest BCUT2D eigenvalue weighted by Gasteiger charge is 2.48. The van der Waals surface area contributed by atoms with Crippen LogP contribution in [0.25, 0.3) is 0 Å². The number of rotatable bonds is 5. The maximum absolute atomic E-state index is 6.24. The van der Waals surface area contributed by atoms with Gasteiger partial charge in [-0.1, -0.05) is 24.3 Å². The minimum Gasteiger partial charge on any atom is -0.329 e. The van der Waals surface area contributed by atoms with E-state index in [2.05, 4.69) is 55.0 Å². The van der Waals surface area contributed by atoms with Crippen LogP contribution in [-0.2, 0) is 6.54 Å². The molecule has 3 rings (SSSR count). The lowest BCUT2D eigenvalue weighted by atomic mass is 9.93. The number of hydrogen-bond acceptors (Lipinski definition) is 3. The second-order valence-corrected chi connectivity index (χ2v) is 7.17. The molecule has 3 nitrogen and oxygen atoms in total. The van der Waals surface area contributed by atoms with Gasteiger partial charge in [0.25, 0.3) is 0 Å². The van der Waals surface area contributed by atoms with Crippen LogP contribution in [-0.4, -0.2) is 47.6 Å². The molecule has 3 heteroatoms. The smallest absolute Gasteiger partial charge is 0.0473 e. The van der Waals surface area contributed by atoms with Crippen molar-refractivity contribution in [3.05, 3.63) is 35.4 Å². The molecule has 1 aromatic carbocycles. The summed E-state index contributed by atoms with van der Waals surface area (Å²) in [6.07, 6.45) is 3.96. The van der Waals surface area contributed by atoms with Crippen molar-refractivity contribution in [3.8, 4) is 0 Å². The Labute approximate surface area is 129 Å². The molecular formula is C18H29N3. The second-order valence-electron chi connectivity index (χ2n) is 7.17. The fourth-order valence-corrected chi connectivity index (χ4v) is 3.91. The van der Waals surface area contributed by atoms with E-state index in [1.54, 1.807) is 0 Å². The Morgan fingerprint density at radius 1 is 1.33 bits per heavy atom. The van der Waals surface area contributed by atoms with Crippen LogP contribution < -0.4 is 5.73 Å². The molecule has 1 saturated heterocycles. The minimum absolute atomic E-state index is 0.143. The van der Waals surface area contributed by atoms with Crippen molar-refractivity contribution in [3.63, 3.8) is 0 Å². The Morgan fingerprint density at radius 2 is 2.05 bits per heavy atom. The molecule has 1 aliphatic heterocycles. The van der Waals surface area contributed by atoms with E-state index in [0.29, 0.717) is 6.04 Å². The van der Waals surface area contributed by atoms with Crippen LogP contribution >= 0.6 is 0 Å². The van der Waals surface area contributed by atoms with Crippen molar-refractivity contribution in [1.82, 2.24) is 9.80 Å². The van der Waals surface area contributed by atoms with E-state index >= 15 is 0 Å². The van der Waals surface area contributed by atoms with E-state index in [1.165, 1.54) is 30.4 Å². The molecule has 116 valence electrons. The third-order valence-electron chi connectivity index (χ3n) is 5.59. The van der Waals surface area contributed by atoms with Gasteiger partial charge in [0.2, 0.25) is 0 Å². The molecule has 2 atom stereocenters. The first-order chi connectivity index (χ1) is 10.1. The molecule has 0 radical (unpaired) electrons. The fourth-order valence-electron chi connectivity index (χ4n) is 3.91. The van der Waals surface area contributed by atoms with Crippen LogP contribution in [0.4, 0.5) is 0 Å². The number of aryl methyl sites for hydroxylation is 1.